The number of aromatic amines is 1. The molecule has 1 N–H and O–H groups in total. The zero-order chi connectivity index (χ0) is 21.8. The minimum atomic E-state index is -0.140. The number of amides is 1. The number of aromatic nitrogens is 1. The van der Waals surface area contributed by atoms with Crippen molar-refractivity contribution in [3.8, 4) is 0 Å². The van der Waals surface area contributed by atoms with E-state index in [0.29, 0.717) is 31.9 Å². The highest BCUT2D eigenvalue weighted by Crippen LogP contribution is 2.20. The summed E-state index contributed by atoms with van der Waals surface area (Å²) in [5.74, 6) is 0.0188. The molecule has 1 aliphatic rings. The van der Waals surface area contributed by atoms with E-state index in [0.717, 1.165) is 40.7 Å². The second-order valence-corrected chi connectivity index (χ2v) is 8.22. The van der Waals surface area contributed by atoms with Gasteiger partial charge in [-0.05, 0) is 42.0 Å². The molecule has 1 amide bonds. The van der Waals surface area contributed by atoms with Crippen LogP contribution in [0.4, 0.5) is 0 Å². The predicted octanol–water partition coefficient (Wildman–Crippen LogP) is 3.01. The van der Waals surface area contributed by atoms with Crippen molar-refractivity contribution in [1.29, 1.82) is 0 Å². The highest BCUT2D eigenvalue weighted by Gasteiger charge is 2.21. The Hall–Kier alpha value is -2.96. The van der Waals surface area contributed by atoms with Crippen LogP contribution in [0.5, 0.6) is 0 Å². The molecule has 2 heterocycles. The number of nitrogens with one attached hydrogen (secondary N) is 1. The molecule has 6 heteroatoms. The summed E-state index contributed by atoms with van der Waals surface area (Å²) in [6.45, 7) is 7.92. The van der Waals surface area contributed by atoms with Gasteiger partial charge in [0, 0.05) is 25.2 Å². The van der Waals surface area contributed by atoms with E-state index in [9.17, 15) is 9.59 Å². The number of ether oxygens (including phenoxy) is 1. The van der Waals surface area contributed by atoms with Gasteiger partial charge in [0.1, 0.15) is 0 Å². The molecule has 6 nitrogen and oxygen atoms in total. The van der Waals surface area contributed by atoms with Crippen molar-refractivity contribution in [2.75, 3.05) is 32.8 Å². The number of rotatable bonds is 6. The Bertz CT molecular complexity index is 1120. The van der Waals surface area contributed by atoms with Gasteiger partial charge in [-0.25, -0.2) is 0 Å². The van der Waals surface area contributed by atoms with Crippen molar-refractivity contribution in [3.63, 3.8) is 0 Å². The van der Waals surface area contributed by atoms with Crippen LogP contribution in [0, 0.1) is 13.8 Å². The number of aryl methyl sites for hydroxylation is 2. The smallest absolute Gasteiger partial charge is 0.253 e. The first kappa shape index (κ1) is 21.3. The number of benzene rings is 2. The van der Waals surface area contributed by atoms with Gasteiger partial charge >= 0.3 is 0 Å². The molecule has 31 heavy (non-hydrogen) atoms. The van der Waals surface area contributed by atoms with Crippen LogP contribution in [0.3, 0.4) is 0 Å². The van der Waals surface area contributed by atoms with Gasteiger partial charge in [0.25, 0.3) is 5.56 Å². The normalized spacial score (nSPS) is 14.6. The van der Waals surface area contributed by atoms with E-state index in [1.165, 1.54) is 0 Å². The molecule has 4 rings (SSSR count). The van der Waals surface area contributed by atoms with Gasteiger partial charge in [-0.15, -0.1) is 0 Å². The predicted molar refractivity (Wildman–Crippen MR) is 122 cm³/mol. The van der Waals surface area contributed by atoms with Gasteiger partial charge in [0.05, 0.1) is 31.8 Å². The summed E-state index contributed by atoms with van der Waals surface area (Å²) in [6, 6.07) is 15.9. The van der Waals surface area contributed by atoms with E-state index in [1.54, 1.807) is 4.90 Å². The van der Waals surface area contributed by atoms with Gasteiger partial charge < -0.3 is 14.6 Å². The molecule has 1 aromatic heterocycles. The lowest BCUT2D eigenvalue weighted by molar-refractivity contribution is -0.134. The van der Waals surface area contributed by atoms with Gasteiger partial charge in [-0.1, -0.05) is 42.5 Å². The quantitative estimate of drug-likeness (QED) is 0.667. The standard InChI is InChI=1S/C25H29N3O3/c1-18-8-9-21-14-22(25(30)26-24(21)19(18)2)16-28(15-20-6-4-3-5-7-20)23(29)17-27-10-12-31-13-11-27/h3-9,14H,10-13,15-17H2,1-2H3,(H,26,30). The second-order valence-electron chi connectivity index (χ2n) is 8.22. The molecule has 0 spiro atoms. The number of fused-ring (bicyclic) bond motifs is 1. The number of hydrogen-bond acceptors (Lipinski definition) is 4. The minimum absolute atomic E-state index is 0.0188. The van der Waals surface area contributed by atoms with Crippen LogP contribution >= 0.6 is 0 Å². The Morgan fingerprint density at radius 3 is 2.55 bits per heavy atom. The highest BCUT2D eigenvalue weighted by molar-refractivity contribution is 5.83. The molecule has 0 bridgehead atoms. The lowest BCUT2D eigenvalue weighted by Gasteiger charge is -2.29. The van der Waals surface area contributed by atoms with E-state index in [1.807, 2.05) is 56.3 Å². The average Bonchev–Trinajstić information content (AvgIpc) is 2.78. The highest BCUT2D eigenvalue weighted by atomic mass is 16.5. The fourth-order valence-electron chi connectivity index (χ4n) is 3.98. The third-order valence-corrected chi connectivity index (χ3v) is 6.02. The Balaban J connectivity index is 1.61. The van der Waals surface area contributed by atoms with Crippen LogP contribution in [0.2, 0.25) is 0 Å². The minimum Gasteiger partial charge on any atom is -0.379 e. The number of H-pyrrole nitrogens is 1. The van der Waals surface area contributed by atoms with E-state index in [-0.39, 0.29) is 18.0 Å². The molecule has 0 unspecified atom stereocenters. The van der Waals surface area contributed by atoms with E-state index in [2.05, 4.69) is 16.0 Å². The van der Waals surface area contributed by atoms with Gasteiger partial charge in [0.15, 0.2) is 0 Å². The lowest BCUT2D eigenvalue weighted by atomic mass is 10.0. The first-order chi connectivity index (χ1) is 15.0. The van der Waals surface area contributed by atoms with Crippen LogP contribution < -0.4 is 5.56 Å². The molecule has 1 saturated heterocycles. The molecule has 0 radical (unpaired) electrons. The lowest BCUT2D eigenvalue weighted by Crippen LogP contribution is -2.44. The zero-order valence-electron chi connectivity index (χ0n) is 18.2. The summed E-state index contributed by atoms with van der Waals surface area (Å²) in [5.41, 5.74) is 4.58. The van der Waals surface area contributed by atoms with E-state index < -0.39 is 0 Å². The van der Waals surface area contributed by atoms with Crippen LogP contribution in [-0.2, 0) is 22.6 Å². The van der Waals surface area contributed by atoms with E-state index >= 15 is 0 Å². The third kappa shape index (κ3) is 5.03. The average molecular weight is 420 g/mol. The Morgan fingerprint density at radius 2 is 1.81 bits per heavy atom. The summed E-state index contributed by atoms with van der Waals surface area (Å²) in [5, 5.41) is 0.984. The number of pyridine rings is 1. The number of carbonyl (C=O) groups excluding carboxylic acids is 1. The zero-order valence-corrected chi connectivity index (χ0v) is 18.2. The molecule has 3 aromatic rings. The van der Waals surface area contributed by atoms with Gasteiger partial charge in [-0.2, -0.15) is 0 Å². The van der Waals surface area contributed by atoms with E-state index in [4.69, 9.17) is 4.74 Å². The van der Waals surface area contributed by atoms with Crippen LogP contribution in [0.15, 0.2) is 53.3 Å². The summed E-state index contributed by atoms with van der Waals surface area (Å²) in [4.78, 5) is 33.0. The third-order valence-electron chi connectivity index (χ3n) is 6.02. The van der Waals surface area contributed by atoms with Crippen molar-refractivity contribution in [2.45, 2.75) is 26.9 Å². The van der Waals surface area contributed by atoms with Gasteiger partial charge in [0.2, 0.25) is 5.91 Å². The summed E-state index contributed by atoms with van der Waals surface area (Å²) >= 11 is 0. The Kier molecular flexibility index (Phi) is 6.49. The Labute approximate surface area is 182 Å². The van der Waals surface area contributed by atoms with Crippen molar-refractivity contribution in [3.05, 3.63) is 81.1 Å². The maximum atomic E-state index is 13.2. The monoisotopic (exact) mass is 419 g/mol. The molecule has 2 aromatic carbocycles. The largest absolute Gasteiger partial charge is 0.379 e. The SMILES string of the molecule is Cc1ccc2cc(CN(Cc3ccccc3)C(=O)CN3CCOCC3)c(=O)[nH]c2c1C. The first-order valence-electron chi connectivity index (χ1n) is 10.7. The number of nitrogens with zero attached hydrogens (tertiary/aromatic N) is 2. The topological polar surface area (TPSA) is 65.6 Å². The van der Waals surface area contributed by atoms with Crippen molar-refractivity contribution in [1.82, 2.24) is 14.8 Å². The Morgan fingerprint density at radius 1 is 1.06 bits per heavy atom. The molecular formula is C25H29N3O3. The molecule has 0 saturated carbocycles. The number of carbonyl (C=O) groups is 1. The molecule has 162 valence electrons. The molecule has 1 aliphatic heterocycles. The van der Waals surface area contributed by atoms with Crippen LogP contribution in [0.1, 0.15) is 22.3 Å². The summed E-state index contributed by atoms with van der Waals surface area (Å²) < 4.78 is 5.40. The molecular weight excluding hydrogens is 390 g/mol. The fourth-order valence-corrected chi connectivity index (χ4v) is 3.98. The fraction of sp³-hybridized carbons (Fsp3) is 0.360. The second kappa shape index (κ2) is 9.45. The maximum absolute atomic E-state index is 13.2. The summed E-state index contributed by atoms with van der Waals surface area (Å²) in [6.07, 6.45) is 0. The molecule has 0 aliphatic carbocycles. The summed E-state index contributed by atoms with van der Waals surface area (Å²) in [7, 11) is 0. The maximum Gasteiger partial charge on any atom is 0.253 e. The van der Waals surface area contributed by atoms with Gasteiger partial charge in [-0.3, -0.25) is 14.5 Å². The van der Waals surface area contributed by atoms with Crippen LogP contribution in [0.25, 0.3) is 10.9 Å². The number of hydrogen-bond donors (Lipinski definition) is 1. The van der Waals surface area contributed by atoms with Crippen molar-refractivity contribution in [2.24, 2.45) is 0 Å². The van der Waals surface area contributed by atoms with Crippen molar-refractivity contribution >= 4 is 16.8 Å². The molecule has 0 atom stereocenters. The molecule has 1 fully saturated rings. The van der Waals surface area contributed by atoms with Crippen molar-refractivity contribution < 1.29 is 9.53 Å². The van der Waals surface area contributed by atoms with Crippen LogP contribution in [-0.4, -0.2) is 53.5 Å². The first-order valence-corrected chi connectivity index (χ1v) is 10.7. The number of morpholine rings is 1.